The van der Waals surface area contributed by atoms with Crippen LogP contribution in [-0.4, -0.2) is 5.91 Å². The van der Waals surface area contributed by atoms with Gasteiger partial charge in [0.15, 0.2) is 0 Å². The zero-order valence-electron chi connectivity index (χ0n) is 14.6. The molecule has 0 fully saturated rings. The number of nitrogens with zero attached hydrogens (tertiary/aromatic N) is 1. The zero-order valence-corrected chi connectivity index (χ0v) is 16.1. The first-order valence-electron chi connectivity index (χ1n) is 8.12. The Balaban J connectivity index is 1.84. The standard InChI is InChI=1S/C21H13Cl2FN2O2/c1-12-16(22)3-2-4-19(12)26-21(27)14(11-25)9-15-6-8-20(28-15)13-5-7-18(24)17(23)10-13/h2-10H,1H3,(H,26,27)/b14-9+. The minimum Gasteiger partial charge on any atom is -0.457 e. The summed E-state index contributed by atoms with van der Waals surface area (Å²) in [6.07, 6.45) is 1.32. The SMILES string of the molecule is Cc1c(Cl)cccc1NC(=O)/C(C#N)=C/c1ccc(-c2ccc(F)c(Cl)c2)o1. The molecule has 7 heteroatoms. The second-order valence-corrected chi connectivity index (χ2v) is 6.68. The van der Waals surface area contributed by atoms with Crippen LogP contribution in [-0.2, 0) is 4.79 Å². The molecule has 1 amide bonds. The Morgan fingerprint density at radius 3 is 2.68 bits per heavy atom. The lowest BCUT2D eigenvalue weighted by molar-refractivity contribution is -0.112. The van der Waals surface area contributed by atoms with Crippen molar-refractivity contribution < 1.29 is 13.6 Å². The van der Waals surface area contributed by atoms with Gasteiger partial charge in [0.2, 0.25) is 0 Å². The molecule has 1 N–H and O–H groups in total. The predicted molar refractivity (Wildman–Crippen MR) is 108 cm³/mol. The topological polar surface area (TPSA) is 66.0 Å². The van der Waals surface area contributed by atoms with Crippen molar-refractivity contribution in [1.29, 1.82) is 5.26 Å². The highest BCUT2D eigenvalue weighted by atomic mass is 35.5. The Kier molecular flexibility index (Phi) is 5.84. The highest BCUT2D eigenvalue weighted by Crippen LogP contribution is 2.28. The quantitative estimate of drug-likeness (QED) is 0.405. The van der Waals surface area contributed by atoms with Gasteiger partial charge in [-0.2, -0.15) is 5.26 Å². The fraction of sp³-hybridized carbons (Fsp3) is 0.0476. The molecule has 4 nitrogen and oxygen atoms in total. The summed E-state index contributed by atoms with van der Waals surface area (Å²) in [7, 11) is 0. The molecule has 2 aromatic carbocycles. The summed E-state index contributed by atoms with van der Waals surface area (Å²) in [4.78, 5) is 12.4. The van der Waals surface area contributed by atoms with Crippen molar-refractivity contribution in [3.63, 3.8) is 0 Å². The molecule has 1 heterocycles. The summed E-state index contributed by atoms with van der Waals surface area (Å²) in [5, 5.41) is 12.5. The molecule has 0 saturated carbocycles. The average Bonchev–Trinajstić information content (AvgIpc) is 3.14. The zero-order chi connectivity index (χ0) is 20.3. The van der Waals surface area contributed by atoms with Crippen molar-refractivity contribution in [3.8, 4) is 17.4 Å². The minimum absolute atomic E-state index is 0.0278. The summed E-state index contributed by atoms with van der Waals surface area (Å²) in [5.41, 5.74) is 1.64. The van der Waals surface area contributed by atoms with E-state index >= 15 is 0 Å². The number of carbonyl (C=O) groups excluding carboxylic acids is 1. The van der Waals surface area contributed by atoms with Crippen LogP contribution < -0.4 is 5.32 Å². The van der Waals surface area contributed by atoms with E-state index in [1.807, 2.05) is 6.07 Å². The molecule has 0 atom stereocenters. The number of halogens is 3. The van der Waals surface area contributed by atoms with Gasteiger partial charge in [0.1, 0.15) is 29.0 Å². The van der Waals surface area contributed by atoms with Crippen LogP contribution in [0.25, 0.3) is 17.4 Å². The van der Waals surface area contributed by atoms with E-state index in [9.17, 15) is 14.4 Å². The summed E-state index contributed by atoms with van der Waals surface area (Å²) < 4.78 is 18.9. The van der Waals surface area contributed by atoms with E-state index in [0.29, 0.717) is 33.4 Å². The molecule has 3 aromatic rings. The van der Waals surface area contributed by atoms with Crippen LogP contribution in [0.3, 0.4) is 0 Å². The number of nitrogens with one attached hydrogen (secondary N) is 1. The van der Waals surface area contributed by atoms with Crippen LogP contribution in [0.15, 0.2) is 58.5 Å². The lowest BCUT2D eigenvalue weighted by Gasteiger charge is -2.08. The molecule has 0 aliphatic carbocycles. The largest absolute Gasteiger partial charge is 0.457 e. The summed E-state index contributed by atoms with van der Waals surface area (Å²) in [6.45, 7) is 1.76. The van der Waals surface area contributed by atoms with E-state index in [0.717, 1.165) is 0 Å². The first kappa shape index (κ1) is 19.7. The molecule has 0 radical (unpaired) electrons. The molecule has 28 heavy (non-hydrogen) atoms. The third kappa shape index (κ3) is 4.25. The molecular weight excluding hydrogens is 402 g/mol. The maximum Gasteiger partial charge on any atom is 0.266 e. The van der Waals surface area contributed by atoms with Crippen LogP contribution in [0, 0.1) is 24.1 Å². The minimum atomic E-state index is -0.587. The second kappa shape index (κ2) is 8.30. The van der Waals surface area contributed by atoms with Gasteiger partial charge in [-0.1, -0.05) is 29.3 Å². The van der Waals surface area contributed by atoms with Crippen molar-refractivity contribution in [3.05, 3.63) is 81.3 Å². The number of hydrogen-bond acceptors (Lipinski definition) is 3. The number of benzene rings is 2. The van der Waals surface area contributed by atoms with Crippen molar-refractivity contribution in [2.24, 2.45) is 0 Å². The van der Waals surface area contributed by atoms with E-state index in [1.165, 1.54) is 24.3 Å². The second-order valence-electron chi connectivity index (χ2n) is 5.87. The molecule has 0 aliphatic heterocycles. The molecule has 140 valence electrons. The number of furan rings is 1. The van der Waals surface area contributed by atoms with Crippen LogP contribution >= 0.6 is 23.2 Å². The monoisotopic (exact) mass is 414 g/mol. The molecule has 0 spiro atoms. The number of nitriles is 1. The maximum atomic E-state index is 13.3. The molecular formula is C21H13Cl2FN2O2. The molecule has 0 aliphatic rings. The number of hydrogen-bond donors (Lipinski definition) is 1. The highest BCUT2D eigenvalue weighted by Gasteiger charge is 2.13. The van der Waals surface area contributed by atoms with Gasteiger partial charge in [0, 0.05) is 22.3 Å². The fourth-order valence-corrected chi connectivity index (χ4v) is 2.81. The van der Waals surface area contributed by atoms with Gasteiger partial charge in [0.05, 0.1) is 5.02 Å². The number of amides is 1. The Hall–Kier alpha value is -3.07. The van der Waals surface area contributed by atoms with Gasteiger partial charge in [-0.25, -0.2) is 4.39 Å². The Morgan fingerprint density at radius 2 is 1.96 bits per heavy atom. The van der Waals surface area contributed by atoms with E-state index in [1.54, 1.807) is 37.3 Å². The van der Waals surface area contributed by atoms with E-state index in [4.69, 9.17) is 27.6 Å². The van der Waals surface area contributed by atoms with Crippen LogP contribution in [0.2, 0.25) is 10.0 Å². The fourth-order valence-electron chi connectivity index (χ4n) is 2.46. The van der Waals surface area contributed by atoms with Crippen molar-refractivity contribution in [1.82, 2.24) is 0 Å². The van der Waals surface area contributed by atoms with Crippen molar-refractivity contribution >= 4 is 40.9 Å². The number of rotatable bonds is 4. The number of carbonyl (C=O) groups is 1. The normalized spacial score (nSPS) is 11.2. The molecule has 0 unspecified atom stereocenters. The van der Waals surface area contributed by atoms with Gasteiger partial charge in [-0.3, -0.25) is 4.79 Å². The van der Waals surface area contributed by atoms with E-state index < -0.39 is 11.7 Å². The highest BCUT2D eigenvalue weighted by molar-refractivity contribution is 6.32. The average molecular weight is 415 g/mol. The maximum absolute atomic E-state index is 13.3. The lowest BCUT2D eigenvalue weighted by Crippen LogP contribution is -2.14. The van der Waals surface area contributed by atoms with E-state index in [2.05, 4.69) is 5.32 Å². The van der Waals surface area contributed by atoms with Gasteiger partial charge in [-0.05, 0) is 55.0 Å². The first-order chi connectivity index (χ1) is 13.4. The lowest BCUT2D eigenvalue weighted by atomic mass is 10.1. The molecule has 3 rings (SSSR count). The van der Waals surface area contributed by atoms with Gasteiger partial charge < -0.3 is 9.73 Å². The summed E-state index contributed by atoms with van der Waals surface area (Å²) >= 11 is 11.8. The Morgan fingerprint density at radius 1 is 1.18 bits per heavy atom. The van der Waals surface area contributed by atoms with Gasteiger partial charge in [-0.15, -0.1) is 0 Å². The van der Waals surface area contributed by atoms with Gasteiger partial charge in [0.25, 0.3) is 5.91 Å². The Labute approximate surface area is 170 Å². The summed E-state index contributed by atoms with van der Waals surface area (Å²) in [5.74, 6) is -0.394. The van der Waals surface area contributed by atoms with E-state index in [-0.39, 0.29) is 10.6 Å². The Bertz CT molecular complexity index is 1130. The first-order valence-corrected chi connectivity index (χ1v) is 8.88. The van der Waals surface area contributed by atoms with Crippen LogP contribution in [0.5, 0.6) is 0 Å². The predicted octanol–water partition coefficient (Wildman–Crippen LogP) is 6.25. The molecule has 0 saturated heterocycles. The van der Waals surface area contributed by atoms with Crippen molar-refractivity contribution in [2.75, 3.05) is 5.32 Å². The third-order valence-corrected chi connectivity index (χ3v) is 4.70. The molecule has 1 aromatic heterocycles. The van der Waals surface area contributed by atoms with Crippen LogP contribution in [0.1, 0.15) is 11.3 Å². The third-order valence-electron chi connectivity index (χ3n) is 4.00. The number of anilines is 1. The van der Waals surface area contributed by atoms with Gasteiger partial charge >= 0.3 is 0 Å². The smallest absolute Gasteiger partial charge is 0.266 e. The van der Waals surface area contributed by atoms with Crippen LogP contribution in [0.4, 0.5) is 10.1 Å². The van der Waals surface area contributed by atoms with Crippen molar-refractivity contribution in [2.45, 2.75) is 6.92 Å². The summed E-state index contributed by atoms with van der Waals surface area (Å²) in [6, 6.07) is 14.4. The molecule has 0 bridgehead atoms.